The molecule has 2 aromatic rings. The van der Waals surface area contributed by atoms with Gasteiger partial charge in [-0.1, -0.05) is 30.3 Å². The van der Waals surface area contributed by atoms with Crippen LogP contribution in [0.5, 0.6) is 11.5 Å². The Morgan fingerprint density at radius 2 is 2.04 bits per heavy atom. The van der Waals surface area contributed by atoms with E-state index in [-0.39, 0.29) is 5.12 Å². The van der Waals surface area contributed by atoms with Crippen molar-refractivity contribution in [1.29, 1.82) is 0 Å². The number of benzene rings is 2. The summed E-state index contributed by atoms with van der Waals surface area (Å²) < 4.78 is 13.2. The van der Waals surface area contributed by atoms with E-state index in [1.165, 1.54) is 11.8 Å². The smallest absolute Gasteiger partial charge is 0.244 e. The number of nitrogens with zero attached hydrogens (tertiary/aromatic N) is 1. The zero-order chi connectivity index (χ0) is 18.5. The molecule has 4 nitrogen and oxygen atoms in total. The van der Waals surface area contributed by atoms with Gasteiger partial charge in [0, 0.05) is 0 Å². The van der Waals surface area contributed by atoms with Crippen LogP contribution in [0.15, 0.2) is 53.2 Å². The van der Waals surface area contributed by atoms with E-state index in [0.717, 1.165) is 30.8 Å². The number of hydrogen-bond acceptors (Lipinski definition) is 6. The number of halogens is 1. The summed E-state index contributed by atoms with van der Waals surface area (Å²) in [5.74, 6) is 1.33. The predicted octanol–water partition coefficient (Wildman–Crippen LogP) is 5.21. The van der Waals surface area contributed by atoms with Gasteiger partial charge < -0.3 is 9.47 Å². The Morgan fingerprint density at radius 1 is 1.27 bits per heavy atom. The molecule has 1 aliphatic heterocycles. The third-order valence-corrected chi connectivity index (χ3v) is 6.21. The maximum absolute atomic E-state index is 12.0. The normalized spacial score (nSPS) is 15.3. The van der Waals surface area contributed by atoms with Gasteiger partial charge in [-0.25, -0.2) is 4.99 Å². The van der Waals surface area contributed by atoms with Crippen molar-refractivity contribution in [2.45, 2.75) is 6.61 Å². The zero-order valence-electron chi connectivity index (χ0n) is 14.2. The first-order chi connectivity index (χ1) is 12.6. The lowest BCUT2D eigenvalue weighted by Crippen LogP contribution is -2.00. The summed E-state index contributed by atoms with van der Waals surface area (Å²) in [6.07, 6.45) is 3.69. The summed E-state index contributed by atoms with van der Waals surface area (Å²) in [4.78, 5) is 16.4. The van der Waals surface area contributed by atoms with Gasteiger partial charge in [0.25, 0.3) is 0 Å². The van der Waals surface area contributed by atoms with Crippen molar-refractivity contribution < 1.29 is 14.3 Å². The maximum Gasteiger partial charge on any atom is 0.244 e. The van der Waals surface area contributed by atoms with Crippen LogP contribution < -0.4 is 9.47 Å². The van der Waals surface area contributed by atoms with Gasteiger partial charge >= 0.3 is 0 Å². The molecule has 1 heterocycles. The van der Waals surface area contributed by atoms with E-state index in [0.29, 0.717) is 23.8 Å². The van der Waals surface area contributed by atoms with Crippen LogP contribution >= 0.6 is 46.1 Å². The van der Waals surface area contributed by atoms with Crippen molar-refractivity contribution in [3.8, 4) is 11.5 Å². The van der Waals surface area contributed by atoms with Gasteiger partial charge in [-0.2, -0.15) is 0 Å². The molecule has 0 radical (unpaired) electrons. The van der Waals surface area contributed by atoms with Gasteiger partial charge in [-0.3, -0.25) is 4.79 Å². The summed E-state index contributed by atoms with van der Waals surface area (Å²) in [6, 6.07) is 13.8. The van der Waals surface area contributed by atoms with Crippen LogP contribution in [0.2, 0.25) is 0 Å². The Labute approximate surface area is 174 Å². The highest BCUT2D eigenvalue weighted by molar-refractivity contribution is 14.1. The molecule has 0 amide bonds. The van der Waals surface area contributed by atoms with E-state index < -0.39 is 0 Å². The molecule has 0 aromatic heterocycles. The molecule has 0 saturated carbocycles. The molecule has 2 aromatic carbocycles. The van der Waals surface area contributed by atoms with Crippen LogP contribution in [0.3, 0.4) is 0 Å². The lowest BCUT2D eigenvalue weighted by atomic mass is 10.1. The highest BCUT2D eigenvalue weighted by atomic mass is 127. The fourth-order valence-electron chi connectivity index (χ4n) is 2.33. The topological polar surface area (TPSA) is 47.9 Å². The van der Waals surface area contributed by atoms with E-state index in [1.807, 2.05) is 48.7 Å². The molecule has 0 spiro atoms. The number of hydrogen-bond donors (Lipinski definition) is 0. The monoisotopic (exact) mass is 497 g/mol. The number of carbonyl (C=O) groups excluding carboxylic acids is 1. The lowest BCUT2D eigenvalue weighted by Gasteiger charge is -2.13. The van der Waals surface area contributed by atoms with Crippen molar-refractivity contribution in [2.24, 2.45) is 4.99 Å². The third kappa shape index (κ3) is 4.63. The molecule has 0 saturated heterocycles. The minimum Gasteiger partial charge on any atom is -0.493 e. The van der Waals surface area contributed by atoms with Gasteiger partial charge in [0.15, 0.2) is 11.5 Å². The van der Waals surface area contributed by atoms with Crippen LogP contribution in [-0.4, -0.2) is 22.9 Å². The largest absolute Gasteiger partial charge is 0.493 e. The molecule has 0 atom stereocenters. The van der Waals surface area contributed by atoms with E-state index in [1.54, 1.807) is 13.2 Å². The zero-order valence-corrected chi connectivity index (χ0v) is 18.0. The minimum absolute atomic E-state index is 0.0345. The quantitative estimate of drug-likeness (QED) is 0.419. The van der Waals surface area contributed by atoms with E-state index >= 15 is 0 Å². The molecule has 1 aliphatic rings. The molecule has 26 heavy (non-hydrogen) atoms. The average Bonchev–Trinajstić information content (AvgIpc) is 3.01. The van der Waals surface area contributed by atoms with Crippen molar-refractivity contribution in [1.82, 2.24) is 0 Å². The molecule has 134 valence electrons. The summed E-state index contributed by atoms with van der Waals surface area (Å²) in [7, 11) is 1.61. The second-order valence-corrected chi connectivity index (χ2v) is 8.49. The number of ether oxygens (including phenoxy) is 2. The van der Waals surface area contributed by atoms with Gasteiger partial charge in [0.1, 0.15) is 16.7 Å². The molecular weight excluding hydrogens is 481 g/mol. The highest BCUT2D eigenvalue weighted by Crippen LogP contribution is 2.36. The summed E-state index contributed by atoms with van der Waals surface area (Å²) >= 11 is 4.85. The van der Waals surface area contributed by atoms with Crippen LogP contribution in [0.4, 0.5) is 0 Å². The standard InChI is InChI=1S/C19H16INO3S2/c1-23-16-10-13(9-15-18(22)26-19(21-15)25-2)8-14(20)17(16)24-11-12-6-4-3-5-7-12/h3-10H,11H2,1-2H3. The second-order valence-electron chi connectivity index (χ2n) is 5.31. The SMILES string of the molecule is COc1cc(C=C2N=C(SC)SC2=O)cc(I)c1OCc1ccccc1. The number of carbonyl (C=O) groups is 1. The Kier molecular flexibility index (Phi) is 6.66. The fraction of sp³-hybridized carbons (Fsp3) is 0.158. The number of rotatable bonds is 5. The van der Waals surface area contributed by atoms with Crippen LogP contribution in [-0.2, 0) is 11.4 Å². The highest BCUT2D eigenvalue weighted by Gasteiger charge is 2.22. The van der Waals surface area contributed by atoms with Gasteiger partial charge in [0.2, 0.25) is 5.12 Å². The van der Waals surface area contributed by atoms with Crippen LogP contribution in [0.1, 0.15) is 11.1 Å². The van der Waals surface area contributed by atoms with Crippen LogP contribution in [0.25, 0.3) is 6.08 Å². The summed E-state index contributed by atoms with van der Waals surface area (Å²) in [6.45, 7) is 0.462. The third-order valence-electron chi connectivity index (χ3n) is 3.56. The number of methoxy groups -OCH3 is 1. The Hall–Kier alpha value is -1.45. The van der Waals surface area contributed by atoms with Gasteiger partial charge in [-0.05, 0) is 69.9 Å². The van der Waals surface area contributed by atoms with Crippen LogP contribution in [0, 0.1) is 3.57 Å². The fourth-order valence-corrected chi connectivity index (χ4v) is 4.37. The average molecular weight is 497 g/mol. The molecular formula is C19H16INO3S2. The van der Waals surface area contributed by atoms with E-state index in [9.17, 15) is 4.79 Å². The molecule has 0 bridgehead atoms. The molecule has 0 fully saturated rings. The maximum atomic E-state index is 12.0. The Balaban J connectivity index is 1.85. The summed E-state index contributed by atoms with van der Waals surface area (Å²) in [5.41, 5.74) is 2.40. The van der Waals surface area contributed by atoms with Gasteiger partial charge in [-0.15, -0.1) is 11.8 Å². The number of thioether (sulfide) groups is 2. The van der Waals surface area contributed by atoms with Gasteiger partial charge in [0.05, 0.1) is 10.7 Å². The first kappa shape index (κ1) is 19.3. The molecule has 0 unspecified atom stereocenters. The minimum atomic E-state index is -0.0345. The molecule has 3 rings (SSSR count). The second kappa shape index (κ2) is 8.96. The van der Waals surface area contributed by atoms with Crippen molar-refractivity contribution >= 4 is 61.7 Å². The molecule has 0 aliphatic carbocycles. The first-order valence-electron chi connectivity index (χ1n) is 7.71. The van der Waals surface area contributed by atoms with E-state index in [4.69, 9.17) is 9.47 Å². The number of aliphatic imine (C=N–C) groups is 1. The molecule has 7 heteroatoms. The van der Waals surface area contributed by atoms with Crippen molar-refractivity contribution in [3.63, 3.8) is 0 Å². The molecule has 0 N–H and O–H groups in total. The first-order valence-corrected chi connectivity index (χ1v) is 10.8. The predicted molar refractivity (Wildman–Crippen MR) is 118 cm³/mol. The van der Waals surface area contributed by atoms with Crippen molar-refractivity contribution in [3.05, 3.63) is 62.9 Å². The summed E-state index contributed by atoms with van der Waals surface area (Å²) in [5, 5.41) is -0.0345. The van der Waals surface area contributed by atoms with Crippen molar-refractivity contribution in [2.75, 3.05) is 13.4 Å². The Morgan fingerprint density at radius 3 is 2.69 bits per heavy atom. The lowest BCUT2D eigenvalue weighted by molar-refractivity contribution is -0.107. The Bertz CT molecular complexity index is 882. The van der Waals surface area contributed by atoms with E-state index in [2.05, 4.69) is 27.6 Å².